The van der Waals surface area contributed by atoms with Gasteiger partial charge in [-0.3, -0.25) is 4.79 Å². The SMILES string of the molecule is COc1cccc([C]=O)c1N. The van der Waals surface area contributed by atoms with Crippen LogP contribution in [0.15, 0.2) is 18.2 Å². The molecule has 3 nitrogen and oxygen atoms in total. The maximum Gasteiger partial charge on any atom is 0.235 e. The average Bonchev–Trinajstić information content (AvgIpc) is 2.05. The Labute approximate surface area is 64.8 Å². The number of nitrogen functional groups attached to an aromatic ring is 1. The number of ether oxygens (including phenoxy) is 1. The normalized spacial score (nSPS) is 9.18. The van der Waals surface area contributed by atoms with Gasteiger partial charge in [-0.1, -0.05) is 6.07 Å². The van der Waals surface area contributed by atoms with Crippen LogP contribution in [0.25, 0.3) is 0 Å². The molecule has 0 amide bonds. The van der Waals surface area contributed by atoms with Crippen molar-refractivity contribution >= 4 is 12.0 Å². The summed E-state index contributed by atoms with van der Waals surface area (Å²) >= 11 is 0. The molecular weight excluding hydrogens is 142 g/mol. The molecule has 0 fully saturated rings. The summed E-state index contributed by atoms with van der Waals surface area (Å²) in [7, 11) is 1.50. The first kappa shape index (κ1) is 7.60. The smallest absolute Gasteiger partial charge is 0.235 e. The summed E-state index contributed by atoms with van der Waals surface area (Å²) in [5, 5.41) is 0. The van der Waals surface area contributed by atoms with Gasteiger partial charge in [0.25, 0.3) is 0 Å². The minimum Gasteiger partial charge on any atom is -0.495 e. The molecule has 0 saturated carbocycles. The van der Waals surface area contributed by atoms with Crippen LogP contribution in [0.3, 0.4) is 0 Å². The number of rotatable bonds is 2. The van der Waals surface area contributed by atoms with E-state index in [0.717, 1.165) is 0 Å². The number of benzene rings is 1. The summed E-state index contributed by atoms with van der Waals surface area (Å²) < 4.78 is 4.88. The zero-order valence-electron chi connectivity index (χ0n) is 6.13. The van der Waals surface area contributed by atoms with Gasteiger partial charge in [-0.25, -0.2) is 0 Å². The fourth-order valence-electron chi connectivity index (χ4n) is 0.811. The van der Waals surface area contributed by atoms with Crippen molar-refractivity contribution < 1.29 is 9.53 Å². The van der Waals surface area contributed by atoms with Gasteiger partial charge < -0.3 is 10.5 Å². The summed E-state index contributed by atoms with van der Waals surface area (Å²) in [5.41, 5.74) is 6.19. The molecule has 0 heterocycles. The molecule has 1 aromatic rings. The van der Waals surface area contributed by atoms with Crippen LogP contribution in [0.5, 0.6) is 5.75 Å². The van der Waals surface area contributed by atoms with Gasteiger partial charge in [0, 0.05) is 0 Å². The van der Waals surface area contributed by atoms with Gasteiger partial charge in [0.1, 0.15) is 5.75 Å². The van der Waals surface area contributed by atoms with E-state index in [-0.39, 0.29) is 0 Å². The fourth-order valence-corrected chi connectivity index (χ4v) is 0.811. The van der Waals surface area contributed by atoms with Crippen molar-refractivity contribution in [2.24, 2.45) is 0 Å². The summed E-state index contributed by atoms with van der Waals surface area (Å²) in [6.45, 7) is 0. The zero-order chi connectivity index (χ0) is 8.27. The first-order valence-corrected chi connectivity index (χ1v) is 3.10. The second kappa shape index (κ2) is 3.05. The Hall–Kier alpha value is -1.51. The van der Waals surface area contributed by atoms with E-state index < -0.39 is 0 Å². The van der Waals surface area contributed by atoms with E-state index in [9.17, 15) is 4.79 Å². The first-order valence-electron chi connectivity index (χ1n) is 3.10. The molecule has 0 aliphatic heterocycles. The highest BCUT2D eigenvalue weighted by Crippen LogP contribution is 2.22. The number of hydrogen-bond acceptors (Lipinski definition) is 3. The van der Waals surface area contributed by atoms with E-state index in [1.807, 2.05) is 0 Å². The molecule has 2 N–H and O–H groups in total. The third-order valence-electron chi connectivity index (χ3n) is 1.40. The van der Waals surface area contributed by atoms with Gasteiger partial charge in [0.2, 0.25) is 6.29 Å². The molecule has 0 aromatic heterocycles. The van der Waals surface area contributed by atoms with Crippen molar-refractivity contribution in [3.63, 3.8) is 0 Å². The van der Waals surface area contributed by atoms with Crippen molar-refractivity contribution in [1.29, 1.82) is 0 Å². The molecule has 57 valence electrons. The van der Waals surface area contributed by atoms with Gasteiger partial charge in [-0.2, -0.15) is 0 Å². The topological polar surface area (TPSA) is 52.3 Å². The van der Waals surface area contributed by atoms with Crippen LogP contribution in [-0.4, -0.2) is 13.4 Å². The van der Waals surface area contributed by atoms with E-state index in [1.54, 1.807) is 24.5 Å². The maximum absolute atomic E-state index is 10.2. The highest BCUT2D eigenvalue weighted by Gasteiger charge is 2.02. The molecule has 1 aromatic carbocycles. The molecular formula is C8H8NO2. The summed E-state index contributed by atoms with van der Waals surface area (Å²) in [5.74, 6) is 0.505. The minimum atomic E-state index is 0.337. The monoisotopic (exact) mass is 150 g/mol. The van der Waals surface area contributed by atoms with E-state index in [1.165, 1.54) is 7.11 Å². The predicted molar refractivity (Wildman–Crippen MR) is 42.2 cm³/mol. The lowest BCUT2D eigenvalue weighted by atomic mass is 10.2. The molecule has 0 atom stereocenters. The standard InChI is InChI=1S/C8H8NO2/c1-11-7-4-2-3-6(5-10)8(7)9/h2-4H,9H2,1H3. The number of hydrogen-bond donors (Lipinski definition) is 1. The van der Waals surface area contributed by atoms with Gasteiger partial charge >= 0.3 is 0 Å². The highest BCUT2D eigenvalue weighted by molar-refractivity contribution is 5.85. The molecule has 3 heteroatoms. The second-order valence-electron chi connectivity index (χ2n) is 2.02. The quantitative estimate of drug-likeness (QED) is 0.632. The Bertz CT molecular complexity index is 271. The van der Waals surface area contributed by atoms with Gasteiger partial charge in [0.05, 0.1) is 18.4 Å². The Morgan fingerprint density at radius 1 is 1.55 bits per heavy atom. The summed E-state index contributed by atoms with van der Waals surface area (Å²) in [6.07, 6.45) is 1.71. The molecule has 1 radical (unpaired) electrons. The number of nitrogens with two attached hydrogens (primary N) is 1. The Kier molecular flexibility index (Phi) is 2.11. The van der Waals surface area contributed by atoms with Crippen molar-refractivity contribution in [1.82, 2.24) is 0 Å². The number of para-hydroxylation sites is 1. The van der Waals surface area contributed by atoms with Crippen LogP contribution in [0.1, 0.15) is 5.56 Å². The van der Waals surface area contributed by atoms with Crippen LogP contribution in [0.4, 0.5) is 5.69 Å². The van der Waals surface area contributed by atoms with Crippen molar-refractivity contribution in [2.45, 2.75) is 0 Å². The van der Waals surface area contributed by atoms with Crippen LogP contribution < -0.4 is 10.5 Å². The molecule has 0 aliphatic carbocycles. The third-order valence-corrected chi connectivity index (χ3v) is 1.40. The zero-order valence-corrected chi connectivity index (χ0v) is 6.13. The van der Waals surface area contributed by atoms with Crippen molar-refractivity contribution in [3.8, 4) is 5.75 Å². The Morgan fingerprint density at radius 3 is 2.82 bits per heavy atom. The van der Waals surface area contributed by atoms with E-state index >= 15 is 0 Å². The minimum absolute atomic E-state index is 0.337. The molecule has 0 aliphatic rings. The molecule has 1 rings (SSSR count). The third kappa shape index (κ3) is 1.32. The Morgan fingerprint density at radius 2 is 2.27 bits per heavy atom. The second-order valence-corrected chi connectivity index (χ2v) is 2.02. The lowest BCUT2D eigenvalue weighted by Gasteiger charge is -2.03. The fraction of sp³-hybridized carbons (Fsp3) is 0.125. The van der Waals surface area contributed by atoms with E-state index in [2.05, 4.69) is 0 Å². The molecule has 11 heavy (non-hydrogen) atoms. The van der Waals surface area contributed by atoms with E-state index in [0.29, 0.717) is 17.0 Å². The lowest BCUT2D eigenvalue weighted by molar-refractivity contribution is 0.417. The first-order chi connectivity index (χ1) is 5.29. The highest BCUT2D eigenvalue weighted by atomic mass is 16.5. The largest absolute Gasteiger partial charge is 0.495 e. The lowest BCUT2D eigenvalue weighted by Crippen LogP contribution is -1.96. The van der Waals surface area contributed by atoms with Crippen molar-refractivity contribution in [2.75, 3.05) is 12.8 Å². The van der Waals surface area contributed by atoms with E-state index in [4.69, 9.17) is 10.5 Å². The maximum atomic E-state index is 10.2. The average molecular weight is 150 g/mol. The number of carbonyl (C=O) groups excluding carboxylic acids is 1. The molecule has 0 unspecified atom stereocenters. The number of methoxy groups -OCH3 is 1. The van der Waals surface area contributed by atoms with Gasteiger partial charge in [-0.15, -0.1) is 0 Å². The van der Waals surface area contributed by atoms with Gasteiger partial charge in [0.15, 0.2) is 0 Å². The van der Waals surface area contributed by atoms with Crippen LogP contribution in [0.2, 0.25) is 0 Å². The van der Waals surface area contributed by atoms with Gasteiger partial charge in [-0.05, 0) is 12.1 Å². The van der Waals surface area contributed by atoms with Crippen LogP contribution >= 0.6 is 0 Å². The van der Waals surface area contributed by atoms with Crippen molar-refractivity contribution in [3.05, 3.63) is 23.8 Å². The molecule has 0 saturated heterocycles. The molecule has 0 spiro atoms. The summed E-state index contributed by atoms with van der Waals surface area (Å²) in [4.78, 5) is 10.2. The van der Waals surface area contributed by atoms with Crippen LogP contribution in [0, 0.1) is 0 Å². The predicted octanol–water partition coefficient (Wildman–Crippen LogP) is 0.735. The molecule has 0 bridgehead atoms. The summed E-state index contributed by atoms with van der Waals surface area (Å²) in [6, 6.07) is 4.97. The van der Waals surface area contributed by atoms with Crippen LogP contribution in [-0.2, 0) is 4.79 Å². The number of anilines is 1. The Balaban J connectivity index is 3.20.